The largest absolute Gasteiger partial charge is 0.271 e. The van der Waals surface area contributed by atoms with Crippen LogP contribution >= 0.6 is 0 Å². The maximum absolute atomic E-state index is 13.9. The standard InChI is InChI=1S/C16H18F2N2/c1-10-4-3-5-12(6-10)8-16(20-19)13-7-11(2)14(17)9-15(13)18/h3-7,9,16,20H,8,19H2,1-2H3. The summed E-state index contributed by atoms with van der Waals surface area (Å²) in [6.07, 6.45) is 0.542. The zero-order valence-corrected chi connectivity index (χ0v) is 11.6. The number of halogens is 2. The van der Waals surface area contributed by atoms with Crippen LogP contribution in [0.3, 0.4) is 0 Å². The van der Waals surface area contributed by atoms with E-state index < -0.39 is 17.7 Å². The number of benzene rings is 2. The Hall–Kier alpha value is -1.78. The average Bonchev–Trinajstić information content (AvgIpc) is 2.40. The second-order valence-corrected chi connectivity index (χ2v) is 5.04. The van der Waals surface area contributed by atoms with Crippen molar-refractivity contribution in [3.63, 3.8) is 0 Å². The molecule has 2 rings (SSSR count). The number of nitrogens with one attached hydrogen (secondary N) is 1. The molecule has 0 aliphatic heterocycles. The van der Waals surface area contributed by atoms with Gasteiger partial charge in [-0.3, -0.25) is 11.3 Å². The van der Waals surface area contributed by atoms with Gasteiger partial charge in [-0.05, 0) is 37.5 Å². The number of hydrogen-bond acceptors (Lipinski definition) is 2. The Morgan fingerprint density at radius 2 is 1.85 bits per heavy atom. The highest BCUT2D eigenvalue weighted by molar-refractivity contribution is 5.31. The summed E-state index contributed by atoms with van der Waals surface area (Å²) in [5.74, 6) is 4.41. The fourth-order valence-corrected chi connectivity index (χ4v) is 2.28. The highest BCUT2D eigenvalue weighted by atomic mass is 19.1. The normalized spacial score (nSPS) is 12.4. The van der Waals surface area contributed by atoms with E-state index in [4.69, 9.17) is 5.84 Å². The first-order chi connectivity index (χ1) is 9.51. The van der Waals surface area contributed by atoms with E-state index in [1.165, 1.54) is 6.07 Å². The molecule has 0 saturated carbocycles. The summed E-state index contributed by atoms with van der Waals surface area (Å²) in [4.78, 5) is 0. The molecule has 20 heavy (non-hydrogen) atoms. The van der Waals surface area contributed by atoms with Crippen LogP contribution < -0.4 is 11.3 Å². The predicted molar refractivity (Wildman–Crippen MR) is 76.0 cm³/mol. The summed E-state index contributed by atoms with van der Waals surface area (Å²) < 4.78 is 27.2. The molecule has 0 bridgehead atoms. The van der Waals surface area contributed by atoms with Crippen molar-refractivity contribution in [1.29, 1.82) is 0 Å². The Kier molecular flexibility index (Phi) is 4.47. The molecule has 0 amide bonds. The van der Waals surface area contributed by atoms with Crippen LogP contribution in [-0.4, -0.2) is 0 Å². The topological polar surface area (TPSA) is 38.0 Å². The van der Waals surface area contributed by atoms with E-state index in [0.717, 1.165) is 17.2 Å². The summed E-state index contributed by atoms with van der Waals surface area (Å²) >= 11 is 0. The van der Waals surface area contributed by atoms with Crippen molar-refractivity contribution in [2.75, 3.05) is 0 Å². The minimum Gasteiger partial charge on any atom is -0.271 e. The molecular formula is C16H18F2N2. The van der Waals surface area contributed by atoms with Gasteiger partial charge in [0.15, 0.2) is 0 Å². The average molecular weight is 276 g/mol. The molecule has 0 aromatic heterocycles. The number of rotatable bonds is 4. The third-order valence-corrected chi connectivity index (χ3v) is 3.38. The van der Waals surface area contributed by atoms with Gasteiger partial charge in [-0.2, -0.15) is 0 Å². The zero-order chi connectivity index (χ0) is 14.7. The van der Waals surface area contributed by atoms with Gasteiger partial charge >= 0.3 is 0 Å². The minimum atomic E-state index is -0.580. The first-order valence-corrected chi connectivity index (χ1v) is 6.48. The second kappa shape index (κ2) is 6.11. The van der Waals surface area contributed by atoms with Gasteiger partial charge < -0.3 is 0 Å². The minimum absolute atomic E-state index is 0.382. The first-order valence-electron chi connectivity index (χ1n) is 6.48. The van der Waals surface area contributed by atoms with Crippen molar-refractivity contribution in [3.05, 3.63) is 70.3 Å². The van der Waals surface area contributed by atoms with Crippen molar-refractivity contribution in [1.82, 2.24) is 5.43 Å². The molecule has 2 aromatic carbocycles. The van der Waals surface area contributed by atoms with E-state index >= 15 is 0 Å². The SMILES string of the molecule is Cc1cccc(CC(NN)c2cc(C)c(F)cc2F)c1. The van der Waals surface area contributed by atoms with Gasteiger partial charge in [-0.15, -0.1) is 0 Å². The third-order valence-electron chi connectivity index (χ3n) is 3.38. The van der Waals surface area contributed by atoms with E-state index in [9.17, 15) is 8.78 Å². The Morgan fingerprint density at radius 3 is 2.50 bits per heavy atom. The number of nitrogens with two attached hydrogens (primary N) is 1. The fraction of sp³-hybridized carbons (Fsp3) is 0.250. The molecule has 0 spiro atoms. The van der Waals surface area contributed by atoms with Crippen LogP contribution in [0.4, 0.5) is 8.78 Å². The molecule has 0 saturated heterocycles. The van der Waals surface area contributed by atoms with E-state index in [0.29, 0.717) is 17.5 Å². The second-order valence-electron chi connectivity index (χ2n) is 5.04. The quantitative estimate of drug-likeness (QED) is 0.664. The van der Waals surface area contributed by atoms with Gasteiger partial charge in [0.25, 0.3) is 0 Å². The molecule has 2 nitrogen and oxygen atoms in total. The Labute approximate surface area is 117 Å². The van der Waals surface area contributed by atoms with Crippen LogP contribution in [0.25, 0.3) is 0 Å². The lowest BCUT2D eigenvalue weighted by Crippen LogP contribution is -2.30. The van der Waals surface area contributed by atoms with Gasteiger partial charge in [0.05, 0.1) is 6.04 Å². The molecule has 1 unspecified atom stereocenters. The molecule has 0 aliphatic carbocycles. The molecule has 0 aliphatic rings. The van der Waals surface area contributed by atoms with Gasteiger partial charge in [-0.1, -0.05) is 29.8 Å². The molecule has 1 atom stereocenters. The van der Waals surface area contributed by atoms with Gasteiger partial charge in [0, 0.05) is 11.6 Å². The zero-order valence-electron chi connectivity index (χ0n) is 11.6. The van der Waals surface area contributed by atoms with Crippen LogP contribution in [0.2, 0.25) is 0 Å². The van der Waals surface area contributed by atoms with Crippen LogP contribution in [0, 0.1) is 25.5 Å². The monoisotopic (exact) mass is 276 g/mol. The fourth-order valence-electron chi connectivity index (χ4n) is 2.28. The maximum atomic E-state index is 13.9. The smallest absolute Gasteiger partial charge is 0.130 e. The summed E-state index contributed by atoms with van der Waals surface area (Å²) in [7, 11) is 0. The van der Waals surface area contributed by atoms with Crippen molar-refractivity contribution < 1.29 is 8.78 Å². The lowest BCUT2D eigenvalue weighted by Gasteiger charge is -2.18. The molecular weight excluding hydrogens is 258 g/mol. The van der Waals surface area contributed by atoms with Gasteiger partial charge in [0.2, 0.25) is 0 Å². The Morgan fingerprint density at radius 1 is 1.10 bits per heavy atom. The van der Waals surface area contributed by atoms with Crippen LogP contribution in [0.1, 0.15) is 28.3 Å². The number of aryl methyl sites for hydroxylation is 2. The van der Waals surface area contributed by atoms with Gasteiger partial charge in [0.1, 0.15) is 11.6 Å². The molecule has 106 valence electrons. The number of hydrazine groups is 1. The van der Waals surface area contributed by atoms with Crippen molar-refractivity contribution in [2.45, 2.75) is 26.3 Å². The summed E-state index contributed by atoms with van der Waals surface area (Å²) in [5, 5.41) is 0. The predicted octanol–water partition coefficient (Wildman–Crippen LogP) is 3.33. The summed E-state index contributed by atoms with van der Waals surface area (Å²) in [6, 6.07) is 9.96. The lowest BCUT2D eigenvalue weighted by molar-refractivity contribution is 0.500. The first kappa shape index (κ1) is 14.6. The highest BCUT2D eigenvalue weighted by Gasteiger charge is 2.17. The number of hydrogen-bond donors (Lipinski definition) is 2. The van der Waals surface area contributed by atoms with Gasteiger partial charge in [-0.25, -0.2) is 8.78 Å². The van der Waals surface area contributed by atoms with Crippen molar-refractivity contribution in [2.24, 2.45) is 5.84 Å². The summed E-state index contributed by atoms with van der Waals surface area (Å²) in [6.45, 7) is 3.61. The van der Waals surface area contributed by atoms with E-state index in [2.05, 4.69) is 5.43 Å². The van der Waals surface area contributed by atoms with Crippen LogP contribution in [-0.2, 0) is 6.42 Å². The van der Waals surface area contributed by atoms with Crippen LogP contribution in [0.5, 0.6) is 0 Å². The molecule has 4 heteroatoms. The maximum Gasteiger partial charge on any atom is 0.130 e. The third kappa shape index (κ3) is 3.21. The lowest BCUT2D eigenvalue weighted by atomic mass is 9.96. The molecule has 2 aromatic rings. The molecule has 0 fully saturated rings. The summed E-state index contributed by atoms with van der Waals surface area (Å²) in [5.41, 5.74) is 5.59. The molecule has 3 N–H and O–H groups in total. The molecule has 0 heterocycles. The van der Waals surface area contributed by atoms with E-state index in [1.54, 1.807) is 6.92 Å². The van der Waals surface area contributed by atoms with Crippen molar-refractivity contribution in [3.8, 4) is 0 Å². The highest BCUT2D eigenvalue weighted by Crippen LogP contribution is 2.23. The van der Waals surface area contributed by atoms with Crippen molar-refractivity contribution >= 4 is 0 Å². The van der Waals surface area contributed by atoms with E-state index in [1.807, 2.05) is 31.2 Å². The molecule has 0 radical (unpaired) electrons. The Bertz CT molecular complexity index is 611. The van der Waals surface area contributed by atoms with Crippen LogP contribution in [0.15, 0.2) is 36.4 Å². The van der Waals surface area contributed by atoms with E-state index in [-0.39, 0.29) is 0 Å². The Balaban J connectivity index is 2.31.